The number of aliphatic hydroxyl groups excluding tert-OH is 1. The highest BCUT2D eigenvalue weighted by atomic mass is 16.3. The van der Waals surface area contributed by atoms with Crippen LogP contribution in [0.2, 0.25) is 0 Å². The topological polar surface area (TPSA) is 69.6 Å². The van der Waals surface area contributed by atoms with Crippen LogP contribution >= 0.6 is 0 Å². The minimum atomic E-state index is -1.37. The molecular weight excluding hydrogens is 170 g/mol. The first-order chi connectivity index (χ1) is 5.90. The molecule has 0 bridgehead atoms. The summed E-state index contributed by atoms with van der Waals surface area (Å²) in [5.41, 5.74) is -1.37. The summed E-state index contributed by atoms with van der Waals surface area (Å²) >= 11 is 0. The van der Waals surface area contributed by atoms with Gasteiger partial charge in [-0.05, 0) is 20.3 Å². The molecule has 2 atom stereocenters. The lowest BCUT2D eigenvalue weighted by atomic mass is 9.98. The molecule has 13 heavy (non-hydrogen) atoms. The van der Waals surface area contributed by atoms with Crippen LogP contribution in [0, 0.1) is 0 Å². The highest BCUT2D eigenvalue weighted by Gasteiger charge is 2.29. The minimum absolute atomic E-state index is 0.419. The van der Waals surface area contributed by atoms with Gasteiger partial charge in [-0.2, -0.15) is 0 Å². The fourth-order valence-electron chi connectivity index (χ4n) is 0.980. The van der Waals surface area contributed by atoms with Crippen molar-refractivity contribution in [2.24, 2.45) is 0 Å². The van der Waals surface area contributed by atoms with Gasteiger partial charge in [0.05, 0.1) is 0 Å². The first kappa shape index (κ1) is 12.4. The van der Waals surface area contributed by atoms with E-state index in [0.29, 0.717) is 6.42 Å². The number of nitrogens with one attached hydrogen (secondary N) is 1. The fraction of sp³-hybridized carbons (Fsp3) is 0.889. The molecule has 0 aliphatic rings. The van der Waals surface area contributed by atoms with Gasteiger partial charge >= 0.3 is 0 Å². The maximum absolute atomic E-state index is 11.3. The van der Waals surface area contributed by atoms with Gasteiger partial charge in [-0.15, -0.1) is 0 Å². The zero-order valence-electron chi connectivity index (χ0n) is 8.50. The quantitative estimate of drug-likeness (QED) is 0.548. The Bertz CT molecular complexity index is 166. The van der Waals surface area contributed by atoms with Gasteiger partial charge in [0, 0.05) is 0 Å². The number of aliphatic hydroxyl groups is 2. The highest BCUT2D eigenvalue weighted by molar-refractivity contribution is 5.84. The standard InChI is InChI=1S/C9H19NO3/c1-4-5-6-9(3,13)8(12)10-7(2)11/h7,11,13H,4-6H2,1-3H3,(H,10,12). The summed E-state index contributed by atoms with van der Waals surface area (Å²) in [7, 11) is 0. The lowest BCUT2D eigenvalue weighted by molar-refractivity contribution is -0.141. The molecule has 78 valence electrons. The fourth-order valence-corrected chi connectivity index (χ4v) is 0.980. The third-order valence-electron chi connectivity index (χ3n) is 1.85. The number of carbonyl (C=O) groups excluding carboxylic acids is 1. The van der Waals surface area contributed by atoms with E-state index in [0.717, 1.165) is 12.8 Å². The van der Waals surface area contributed by atoms with Crippen LogP contribution in [-0.4, -0.2) is 27.9 Å². The molecular formula is C9H19NO3. The molecule has 1 amide bonds. The van der Waals surface area contributed by atoms with Crippen molar-refractivity contribution in [3.05, 3.63) is 0 Å². The molecule has 0 aliphatic carbocycles. The molecule has 0 fully saturated rings. The summed E-state index contributed by atoms with van der Waals surface area (Å²) in [6.45, 7) is 4.89. The number of unbranched alkanes of at least 4 members (excludes halogenated alkanes) is 1. The van der Waals surface area contributed by atoms with Crippen LogP contribution in [-0.2, 0) is 4.79 Å². The summed E-state index contributed by atoms with van der Waals surface area (Å²) in [6.07, 6.45) is 1.22. The molecule has 0 heterocycles. The van der Waals surface area contributed by atoms with E-state index < -0.39 is 17.7 Å². The molecule has 0 rings (SSSR count). The Hall–Kier alpha value is -0.610. The zero-order valence-corrected chi connectivity index (χ0v) is 8.50. The molecule has 3 N–H and O–H groups in total. The Balaban J connectivity index is 4.03. The van der Waals surface area contributed by atoms with Gasteiger partial charge in [0.1, 0.15) is 11.8 Å². The molecule has 0 aromatic heterocycles. The summed E-state index contributed by atoms with van der Waals surface area (Å²) in [5.74, 6) is -0.518. The van der Waals surface area contributed by atoms with Crippen LogP contribution in [0.4, 0.5) is 0 Å². The van der Waals surface area contributed by atoms with Crippen molar-refractivity contribution in [2.45, 2.75) is 51.9 Å². The molecule has 4 heteroatoms. The van der Waals surface area contributed by atoms with Crippen LogP contribution in [0.25, 0.3) is 0 Å². The molecule has 0 radical (unpaired) electrons. The summed E-state index contributed by atoms with van der Waals surface area (Å²) in [6, 6.07) is 0. The molecule has 0 aliphatic heterocycles. The molecule has 0 aromatic rings. The van der Waals surface area contributed by atoms with E-state index >= 15 is 0 Å². The highest BCUT2D eigenvalue weighted by Crippen LogP contribution is 2.13. The summed E-state index contributed by atoms with van der Waals surface area (Å²) in [4.78, 5) is 11.3. The number of carbonyl (C=O) groups is 1. The molecule has 4 nitrogen and oxygen atoms in total. The number of hydrogen-bond acceptors (Lipinski definition) is 3. The lowest BCUT2D eigenvalue weighted by Gasteiger charge is -2.22. The van der Waals surface area contributed by atoms with Crippen molar-refractivity contribution in [3.63, 3.8) is 0 Å². The van der Waals surface area contributed by atoms with Gasteiger partial charge in [-0.1, -0.05) is 19.8 Å². The van der Waals surface area contributed by atoms with Crippen molar-refractivity contribution >= 4 is 5.91 Å². The van der Waals surface area contributed by atoms with E-state index in [-0.39, 0.29) is 0 Å². The Morgan fingerprint density at radius 3 is 2.54 bits per heavy atom. The molecule has 0 saturated heterocycles. The van der Waals surface area contributed by atoms with E-state index in [1.165, 1.54) is 13.8 Å². The normalized spacial score (nSPS) is 17.6. The average molecular weight is 189 g/mol. The maximum Gasteiger partial charge on any atom is 0.253 e. The number of amides is 1. The first-order valence-corrected chi connectivity index (χ1v) is 4.61. The second-order valence-electron chi connectivity index (χ2n) is 3.53. The van der Waals surface area contributed by atoms with Crippen molar-refractivity contribution in [1.82, 2.24) is 5.32 Å². The predicted octanol–water partition coefficient (Wildman–Crippen LogP) is 0.382. The number of rotatable bonds is 5. The Labute approximate surface area is 79.0 Å². The summed E-state index contributed by atoms with van der Waals surface area (Å²) < 4.78 is 0. The smallest absolute Gasteiger partial charge is 0.253 e. The second-order valence-corrected chi connectivity index (χ2v) is 3.53. The lowest BCUT2D eigenvalue weighted by Crippen LogP contribution is -2.47. The van der Waals surface area contributed by atoms with Crippen molar-refractivity contribution < 1.29 is 15.0 Å². The Morgan fingerprint density at radius 2 is 2.15 bits per heavy atom. The Kier molecular flexibility index (Phi) is 4.95. The van der Waals surface area contributed by atoms with Crippen LogP contribution in [0.3, 0.4) is 0 Å². The van der Waals surface area contributed by atoms with Gasteiger partial charge in [-0.3, -0.25) is 4.79 Å². The first-order valence-electron chi connectivity index (χ1n) is 4.61. The third-order valence-corrected chi connectivity index (χ3v) is 1.85. The van der Waals surface area contributed by atoms with E-state index in [1.54, 1.807) is 0 Å². The van der Waals surface area contributed by atoms with E-state index in [4.69, 9.17) is 5.11 Å². The van der Waals surface area contributed by atoms with Crippen LogP contribution in [0.1, 0.15) is 40.0 Å². The SMILES string of the molecule is CCCCC(C)(O)C(=O)NC(C)O. The zero-order chi connectivity index (χ0) is 10.5. The van der Waals surface area contributed by atoms with Gasteiger partial charge in [0.25, 0.3) is 5.91 Å². The van der Waals surface area contributed by atoms with Gasteiger partial charge in [0.15, 0.2) is 0 Å². The average Bonchev–Trinajstić information content (AvgIpc) is 1.99. The second kappa shape index (κ2) is 5.19. The summed E-state index contributed by atoms with van der Waals surface area (Å²) in [5, 5.41) is 20.8. The van der Waals surface area contributed by atoms with Crippen LogP contribution in [0.15, 0.2) is 0 Å². The van der Waals surface area contributed by atoms with E-state index in [2.05, 4.69) is 5.32 Å². The maximum atomic E-state index is 11.3. The van der Waals surface area contributed by atoms with Crippen molar-refractivity contribution in [2.75, 3.05) is 0 Å². The van der Waals surface area contributed by atoms with E-state index in [9.17, 15) is 9.90 Å². The van der Waals surface area contributed by atoms with Crippen LogP contribution in [0.5, 0.6) is 0 Å². The van der Waals surface area contributed by atoms with Crippen molar-refractivity contribution in [3.8, 4) is 0 Å². The van der Waals surface area contributed by atoms with Gasteiger partial charge < -0.3 is 15.5 Å². The minimum Gasteiger partial charge on any atom is -0.380 e. The molecule has 0 saturated carbocycles. The van der Waals surface area contributed by atoms with Gasteiger partial charge in [0.2, 0.25) is 0 Å². The Morgan fingerprint density at radius 1 is 1.62 bits per heavy atom. The van der Waals surface area contributed by atoms with Crippen molar-refractivity contribution in [1.29, 1.82) is 0 Å². The van der Waals surface area contributed by atoms with Crippen LogP contribution < -0.4 is 5.32 Å². The molecule has 0 spiro atoms. The largest absolute Gasteiger partial charge is 0.380 e. The predicted molar refractivity (Wildman–Crippen MR) is 50.0 cm³/mol. The van der Waals surface area contributed by atoms with Gasteiger partial charge in [-0.25, -0.2) is 0 Å². The van der Waals surface area contributed by atoms with E-state index in [1.807, 2.05) is 6.92 Å². The monoisotopic (exact) mass is 189 g/mol. The molecule has 2 unspecified atom stereocenters. The number of hydrogen-bond donors (Lipinski definition) is 3. The molecule has 0 aromatic carbocycles. The third kappa shape index (κ3) is 4.85.